The van der Waals surface area contributed by atoms with Gasteiger partial charge in [0.1, 0.15) is 0 Å². The molecule has 1 aromatic heterocycles. The number of anilines is 1. The normalized spacial score (nSPS) is 17.2. The van der Waals surface area contributed by atoms with Gasteiger partial charge in [0.15, 0.2) is 0 Å². The van der Waals surface area contributed by atoms with Crippen LogP contribution in [0.15, 0.2) is 22.9 Å². The molecule has 2 N–H and O–H groups in total. The average Bonchev–Trinajstić information content (AvgIpc) is 2.70. The van der Waals surface area contributed by atoms with E-state index in [1.54, 1.807) is 0 Å². The number of pyridine rings is 1. The summed E-state index contributed by atoms with van der Waals surface area (Å²) in [5.74, 6) is 0. The van der Waals surface area contributed by atoms with Crippen molar-refractivity contribution < 1.29 is 0 Å². The van der Waals surface area contributed by atoms with Crippen LogP contribution in [0.1, 0.15) is 44.9 Å². The lowest BCUT2D eigenvalue weighted by atomic mass is 10.1. The quantitative estimate of drug-likeness (QED) is 0.839. The van der Waals surface area contributed by atoms with Crippen molar-refractivity contribution in [3.63, 3.8) is 0 Å². The maximum Gasteiger partial charge on any atom is 0.0592 e. The maximum absolute atomic E-state index is 5.70. The lowest BCUT2D eigenvalue weighted by Gasteiger charge is -2.34. The van der Waals surface area contributed by atoms with Gasteiger partial charge in [-0.3, -0.25) is 4.98 Å². The average molecular weight is 326 g/mol. The summed E-state index contributed by atoms with van der Waals surface area (Å²) in [5, 5.41) is 0. The molecule has 0 saturated heterocycles. The fourth-order valence-electron chi connectivity index (χ4n) is 2.93. The van der Waals surface area contributed by atoms with Crippen LogP contribution in [0.5, 0.6) is 0 Å². The van der Waals surface area contributed by atoms with E-state index >= 15 is 0 Å². The molecule has 0 bridgehead atoms. The van der Waals surface area contributed by atoms with Crippen molar-refractivity contribution in [2.75, 3.05) is 18.0 Å². The van der Waals surface area contributed by atoms with Gasteiger partial charge in [-0.05, 0) is 47.8 Å². The molecule has 3 nitrogen and oxygen atoms in total. The number of hydrogen-bond acceptors (Lipinski definition) is 3. The third-order valence-electron chi connectivity index (χ3n) is 3.93. The third kappa shape index (κ3) is 4.18. The highest BCUT2D eigenvalue weighted by atomic mass is 79.9. The van der Waals surface area contributed by atoms with Crippen LogP contribution in [-0.2, 0) is 0 Å². The van der Waals surface area contributed by atoms with Gasteiger partial charge in [-0.2, -0.15) is 0 Å². The Labute approximate surface area is 124 Å². The van der Waals surface area contributed by atoms with Gasteiger partial charge >= 0.3 is 0 Å². The molecule has 1 aliphatic rings. The molecular formula is C15H24BrN3. The van der Waals surface area contributed by atoms with E-state index < -0.39 is 0 Å². The molecule has 0 amide bonds. The van der Waals surface area contributed by atoms with Gasteiger partial charge in [0.05, 0.1) is 10.2 Å². The molecule has 0 radical (unpaired) electrons. The Morgan fingerprint density at radius 1 is 1.26 bits per heavy atom. The van der Waals surface area contributed by atoms with E-state index in [0.29, 0.717) is 6.04 Å². The van der Waals surface area contributed by atoms with Crippen LogP contribution in [0.4, 0.5) is 5.69 Å². The van der Waals surface area contributed by atoms with E-state index in [-0.39, 0.29) is 0 Å². The van der Waals surface area contributed by atoms with Gasteiger partial charge in [0.2, 0.25) is 0 Å². The molecule has 2 rings (SSSR count). The van der Waals surface area contributed by atoms with Crippen LogP contribution in [-0.4, -0.2) is 24.1 Å². The Morgan fingerprint density at radius 3 is 2.63 bits per heavy atom. The zero-order valence-corrected chi connectivity index (χ0v) is 13.1. The SMILES string of the molecule is NCCCN(c1ccncc1Br)C1CCCCCC1. The van der Waals surface area contributed by atoms with Crippen LogP contribution < -0.4 is 10.6 Å². The molecule has 1 saturated carbocycles. The van der Waals surface area contributed by atoms with Crippen molar-refractivity contribution in [1.29, 1.82) is 0 Å². The third-order valence-corrected chi connectivity index (χ3v) is 4.54. The maximum atomic E-state index is 5.70. The largest absolute Gasteiger partial charge is 0.368 e. The molecule has 0 unspecified atom stereocenters. The molecule has 19 heavy (non-hydrogen) atoms. The minimum atomic E-state index is 0.660. The van der Waals surface area contributed by atoms with Crippen LogP contribution >= 0.6 is 15.9 Å². The summed E-state index contributed by atoms with van der Waals surface area (Å²) >= 11 is 3.64. The van der Waals surface area contributed by atoms with E-state index in [0.717, 1.165) is 24.0 Å². The standard InChI is InChI=1S/C15H24BrN3/c16-14-12-18-10-8-15(14)19(11-5-9-17)13-6-3-1-2-4-7-13/h8,10,12-13H,1-7,9,11,17H2. The summed E-state index contributed by atoms with van der Waals surface area (Å²) in [4.78, 5) is 6.72. The van der Waals surface area contributed by atoms with E-state index in [1.165, 1.54) is 44.2 Å². The summed E-state index contributed by atoms with van der Waals surface area (Å²) < 4.78 is 1.09. The molecule has 0 aliphatic heterocycles. The summed E-state index contributed by atoms with van der Waals surface area (Å²) in [6.07, 6.45) is 12.9. The van der Waals surface area contributed by atoms with Gasteiger partial charge in [0, 0.05) is 25.0 Å². The number of halogens is 1. The molecule has 0 atom stereocenters. The lowest BCUT2D eigenvalue weighted by Crippen LogP contribution is -2.37. The molecule has 0 aromatic carbocycles. The predicted molar refractivity (Wildman–Crippen MR) is 84.4 cm³/mol. The van der Waals surface area contributed by atoms with Crippen molar-refractivity contribution in [3.8, 4) is 0 Å². The molecular weight excluding hydrogens is 302 g/mol. The Kier molecular flexibility index (Phi) is 6.11. The summed E-state index contributed by atoms with van der Waals surface area (Å²) in [6, 6.07) is 2.78. The molecule has 1 aromatic rings. The predicted octanol–water partition coefficient (Wildman–Crippen LogP) is 3.72. The highest BCUT2D eigenvalue weighted by Crippen LogP contribution is 2.31. The van der Waals surface area contributed by atoms with Crippen LogP contribution in [0.25, 0.3) is 0 Å². The van der Waals surface area contributed by atoms with Crippen molar-refractivity contribution >= 4 is 21.6 Å². The molecule has 0 spiro atoms. The zero-order chi connectivity index (χ0) is 13.5. The minimum Gasteiger partial charge on any atom is -0.368 e. The highest BCUT2D eigenvalue weighted by molar-refractivity contribution is 9.10. The highest BCUT2D eigenvalue weighted by Gasteiger charge is 2.21. The van der Waals surface area contributed by atoms with E-state index in [4.69, 9.17) is 5.73 Å². The first-order valence-corrected chi connectivity index (χ1v) is 8.18. The molecule has 1 fully saturated rings. The van der Waals surface area contributed by atoms with Crippen molar-refractivity contribution in [1.82, 2.24) is 4.98 Å². The van der Waals surface area contributed by atoms with Gasteiger partial charge < -0.3 is 10.6 Å². The molecule has 1 heterocycles. The number of nitrogens with two attached hydrogens (primary N) is 1. The summed E-state index contributed by atoms with van der Waals surface area (Å²) in [5.41, 5.74) is 6.98. The number of nitrogens with zero attached hydrogens (tertiary/aromatic N) is 2. The number of rotatable bonds is 5. The van der Waals surface area contributed by atoms with Crippen LogP contribution in [0.2, 0.25) is 0 Å². The number of aromatic nitrogens is 1. The first kappa shape index (κ1) is 14.8. The van der Waals surface area contributed by atoms with Crippen molar-refractivity contribution in [3.05, 3.63) is 22.9 Å². The van der Waals surface area contributed by atoms with Gasteiger partial charge in [-0.15, -0.1) is 0 Å². The van der Waals surface area contributed by atoms with Crippen molar-refractivity contribution in [2.45, 2.75) is 51.0 Å². The second-order valence-corrected chi connectivity index (χ2v) is 6.16. The smallest absolute Gasteiger partial charge is 0.0592 e. The Morgan fingerprint density at radius 2 is 2.00 bits per heavy atom. The molecule has 4 heteroatoms. The van der Waals surface area contributed by atoms with Gasteiger partial charge in [-0.1, -0.05) is 25.7 Å². The monoisotopic (exact) mass is 325 g/mol. The topological polar surface area (TPSA) is 42.1 Å². The van der Waals surface area contributed by atoms with Crippen molar-refractivity contribution in [2.24, 2.45) is 5.73 Å². The Hall–Kier alpha value is -0.610. The van der Waals surface area contributed by atoms with Crippen LogP contribution in [0, 0.1) is 0 Å². The summed E-state index contributed by atoms with van der Waals surface area (Å²) in [6.45, 7) is 1.80. The summed E-state index contributed by atoms with van der Waals surface area (Å²) in [7, 11) is 0. The zero-order valence-electron chi connectivity index (χ0n) is 11.5. The van der Waals surface area contributed by atoms with E-state index in [2.05, 4.69) is 31.9 Å². The van der Waals surface area contributed by atoms with Gasteiger partial charge in [-0.25, -0.2) is 0 Å². The van der Waals surface area contributed by atoms with Gasteiger partial charge in [0.25, 0.3) is 0 Å². The fraction of sp³-hybridized carbons (Fsp3) is 0.667. The second-order valence-electron chi connectivity index (χ2n) is 5.31. The van der Waals surface area contributed by atoms with Crippen LogP contribution in [0.3, 0.4) is 0 Å². The first-order valence-electron chi connectivity index (χ1n) is 7.39. The second kappa shape index (κ2) is 7.85. The van der Waals surface area contributed by atoms with E-state index in [9.17, 15) is 0 Å². The minimum absolute atomic E-state index is 0.660. The first-order chi connectivity index (χ1) is 9.33. The lowest BCUT2D eigenvalue weighted by molar-refractivity contribution is 0.518. The van der Waals surface area contributed by atoms with E-state index in [1.807, 2.05) is 12.4 Å². The molecule has 1 aliphatic carbocycles. The Balaban J connectivity index is 2.16. The molecule has 106 valence electrons. The number of hydrogen-bond donors (Lipinski definition) is 1. The Bertz CT molecular complexity index is 375. The fourth-order valence-corrected chi connectivity index (χ4v) is 3.41.